The molecule has 0 atom stereocenters. The molecule has 0 aliphatic heterocycles. The van der Waals surface area contributed by atoms with Gasteiger partial charge in [-0.2, -0.15) is 0 Å². The molecule has 0 aliphatic carbocycles. The third kappa shape index (κ3) is 431. The summed E-state index contributed by atoms with van der Waals surface area (Å²) in [7, 11) is -9.28. The predicted molar refractivity (Wildman–Crippen MR) is 53.7 cm³/mol. The van der Waals surface area contributed by atoms with Crippen LogP contribution in [0.15, 0.2) is 0 Å². The van der Waals surface area contributed by atoms with Crippen LogP contribution in [0.2, 0.25) is 0 Å². The third-order valence-electron chi connectivity index (χ3n) is 0.816. The molecule has 0 aromatic carbocycles. The van der Waals surface area contributed by atoms with E-state index in [1.807, 2.05) is 0 Å². The van der Waals surface area contributed by atoms with Crippen LogP contribution in [0.25, 0.3) is 0 Å². The van der Waals surface area contributed by atoms with Gasteiger partial charge in [-0.05, 0) is 5.92 Å². The molecule has 0 aromatic heterocycles. The van der Waals surface area contributed by atoms with Gasteiger partial charge in [0.05, 0.1) is 0 Å². The largest absolute Gasteiger partial charge is 0.466 e. The van der Waals surface area contributed by atoms with Crippen LogP contribution in [0.1, 0.15) is 27.2 Å². The molecule has 8 nitrogen and oxygen atoms in total. The van der Waals surface area contributed by atoms with E-state index in [4.69, 9.17) is 38.5 Å². The standard InChI is InChI=1S/C5H12.2H3O4P/c1-4-5(2)3;2*1-5(2,3)4/h5H,4H2,1-3H3;2*(H3,1,2,3,4). The molecule has 0 saturated carbocycles. The lowest BCUT2D eigenvalue weighted by molar-refractivity contribution is 0.272. The van der Waals surface area contributed by atoms with Gasteiger partial charge in [0.25, 0.3) is 0 Å². The second-order valence-corrected chi connectivity index (χ2v) is 4.88. The summed E-state index contributed by atoms with van der Waals surface area (Å²) in [5.74, 6) is 0.884. The second kappa shape index (κ2) is 9.45. The zero-order chi connectivity index (χ0) is 13.3. The lowest BCUT2D eigenvalue weighted by Gasteiger charge is -1.90. The summed E-state index contributed by atoms with van der Waals surface area (Å²) < 4.78 is 17.8. The number of phosphoric acid groups is 2. The van der Waals surface area contributed by atoms with Crippen molar-refractivity contribution in [2.45, 2.75) is 27.2 Å². The molecule has 0 spiro atoms. The van der Waals surface area contributed by atoms with Crippen molar-refractivity contribution in [2.75, 3.05) is 0 Å². The molecular formula is C5H18O8P2. The molecule has 0 amide bonds. The summed E-state index contributed by atoms with van der Waals surface area (Å²) in [6, 6.07) is 0. The zero-order valence-electron chi connectivity index (χ0n) is 8.68. The Labute approximate surface area is 88.1 Å². The second-order valence-electron chi connectivity index (χ2n) is 2.83. The first-order valence-electron chi connectivity index (χ1n) is 3.84. The van der Waals surface area contributed by atoms with Crippen molar-refractivity contribution in [1.29, 1.82) is 0 Å². The van der Waals surface area contributed by atoms with Crippen LogP contribution >= 0.6 is 15.6 Å². The Kier molecular flexibility index (Phi) is 13.0. The van der Waals surface area contributed by atoms with Gasteiger partial charge in [-0.3, -0.25) is 0 Å². The van der Waals surface area contributed by atoms with Crippen molar-refractivity contribution in [2.24, 2.45) is 5.92 Å². The van der Waals surface area contributed by atoms with E-state index < -0.39 is 15.6 Å². The maximum Gasteiger partial charge on any atom is 0.466 e. The lowest BCUT2D eigenvalue weighted by atomic mass is 10.2. The van der Waals surface area contributed by atoms with Crippen molar-refractivity contribution >= 4 is 15.6 Å². The van der Waals surface area contributed by atoms with Crippen molar-refractivity contribution in [3.8, 4) is 0 Å². The van der Waals surface area contributed by atoms with E-state index in [0.29, 0.717) is 0 Å². The minimum absolute atomic E-state index is 0.884. The predicted octanol–water partition coefficient (Wildman–Crippen LogP) is 0.195. The van der Waals surface area contributed by atoms with E-state index in [-0.39, 0.29) is 0 Å². The third-order valence-corrected chi connectivity index (χ3v) is 0.816. The van der Waals surface area contributed by atoms with Crippen LogP contribution in [0.3, 0.4) is 0 Å². The fourth-order valence-corrected chi connectivity index (χ4v) is 0. The smallest absolute Gasteiger partial charge is 0.303 e. The molecule has 0 fully saturated rings. The molecule has 0 bridgehead atoms. The monoisotopic (exact) mass is 268 g/mol. The fourth-order valence-electron chi connectivity index (χ4n) is 0. The summed E-state index contributed by atoms with van der Waals surface area (Å²) in [6.45, 7) is 6.64. The molecule has 0 heterocycles. The van der Waals surface area contributed by atoms with Gasteiger partial charge in [0, 0.05) is 0 Å². The molecule has 0 unspecified atom stereocenters. The minimum Gasteiger partial charge on any atom is -0.303 e. The van der Waals surface area contributed by atoms with Crippen LogP contribution < -0.4 is 0 Å². The summed E-state index contributed by atoms with van der Waals surface area (Å²) in [6.07, 6.45) is 1.31. The van der Waals surface area contributed by atoms with Gasteiger partial charge in [0.1, 0.15) is 0 Å². The minimum atomic E-state index is -4.64. The zero-order valence-corrected chi connectivity index (χ0v) is 10.5. The first-order valence-corrected chi connectivity index (χ1v) is 6.97. The first-order chi connectivity index (χ1) is 6.27. The Hall–Kier alpha value is 0.220. The fraction of sp³-hybridized carbons (Fsp3) is 1.00. The molecule has 6 N–H and O–H groups in total. The molecule has 15 heavy (non-hydrogen) atoms. The summed E-state index contributed by atoms with van der Waals surface area (Å²) in [5.41, 5.74) is 0. The van der Waals surface area contributed by atoms with E-state index in [9.17, 15) is 0 Å². The van der Waals surface area contributed by atoms with E-state index in [2.05, 4.69) is 20.8 Å². The molecule has 96 valence electrons. The Morgan fingerprint density at radius 2 is 0.933 bits per heavy atom. The molecule has 0 radical (unpaired) electrons. The maximum atomic E-state index is 8.88. The summed E-state index contributed by atoms with van der Waals surface area (Å²) in [5, 5.41) is 0. The molecule has 0 rings (SSSR count). The molecule has 0 saturated heterocycles. The van der Waals surface area contributed by atoms with Crippen LogP contribution in [0, 0.1) is 5.92 Å². The molecule has 10 heteroatoms. The highest BCUT2D eigenvalue weighted by molar-refractivity contribution is 7.45. The van der Waals surface area contributed by atoms with Gasteiger partial charge in [0.15, 0.2) is 0 Å². The normalized spacial score (nSPS) is 11.1. The van der Waals surface area contributed by atoms with Gasteiger partial charge in [0.2, 0.25) is 0 Å². The first kappa shape index (κ1) is 20.6. The van der Waals surface area contributed by atoms with Gasteiger partial charge >= 0.3 is 15.6 Å². The van der Waals surface area contributed by atoms with Crippen molar-refractivity contribution in [3.63, 3.8) is 0 Å². The average molecular weight is 268 g/mol. The Morgan fingerprint density at radius 1 is 0.867 bits per heavy atom. The van der Waals surface area contributed by atoms with E-state index in [1.165, 1.54) is 6.42 Å². The number of hydrogen-bond donors (Lipinski definition) is 6. The Morgan fingerprint density at radius 3 is 0.933 bits per heavy atom. The summed E-state index contributed by atoms with van der Waals surface area (Å²) >= 11 is 0. The number of hydrogen-bond acceptors (Lipinski definition) is 2. The lowest BCUT2D eigenvalue weighted by Crippen LogP contribution is -1.77. The Bertz CT molecular complexity index is 179. The van der Waals surface area contributed by atoms with Gasteiger partial charge in [-0.25, -0.2) is 9.13 Å². The van der Waals surface area contributed by atoms with Crippen molar-refractivity contribution in [1.82, 2.24) is 0 Å². The van der Waals surface area contributed by atoms with Gasteiger partial charge < -0.3 is 29.4 Å². The molecule has 0 aromatic rings. The highest BCUT2D eigenvalue weighted by Crippen LogP contribution is 2.26. The highest BCUT2D eigenvalue weighted by atomic mass is 31.2. The highest BCUT2D eigenvalue weighted by Gasteiger charge is 2.00. The molecule has 0 aliphatic rings. The maximum absolute atomic E-state index is 8.88. The van der Waals surface area contributed by atoms with Crippen LogP contribution in [-0.2, 0) is 9.13 Å². The van der Waals surface area contributed by atoms with E-state index >= 15 is 0 Å². The summed E-state index contributed by atoms with van der Waals surface area (Å²) in [4.78, 5) is 43.1. The van der Waals surface area contributed by atoms with Gasteiger partial charge in [-0.15, -0.1) is 0 Å². The Balaban J connectivity index is -0.000000144. The quantitative estimate of drug-likeness (QED) is 0.368. The van der Waals surface area contributed by atoms with Gasteiger partial charge in [-0.1, -0.05) is 27.2 Å². The van der Waals surface area contributed by atoms with Crippen LogP contribution in [0.5, 0.6) is 0 Å². The van der Waals surface area contributed by atoms with Crippen molar-refractivity contribution in [3.05, 3.63) is 0 Å². The topological polar surface area (TPSA) is 156 Å². The van der Waals surface area contributed by atoms with Crippen molar-refractivity contribution < 1.29 is 38.5 Å². The average Bonchev–Trinajstić information content (AvgIpc) is 1.79. The van der Waals surface area contributed by atoms with Crippen LogP contribution in [-0.4, -0.2) is 29.4 Å². The molecular weight excluding hydrogens is 250 g/mol. The van der Waals surface area contributed by atoms with E-state index in [0.717, 1.165) is 5.92 Å². The number of rotatable bonds is 1. The van der Waals surface area contributed by atoms with Crippen LogP contribution in [0.4, 0.5) is 0 Å². The SMILES string of the molecule is CCC(C)C.O=P(O)(O)O.O=P(O)(O)O. The van der Waals surface area contributed by atoms with E-state index in [1.54, 1.807) is 0 Å².